The highest BCUT2D eigenvalue weighted by Crippen LogP contribution is 2.33. The second kappa shape index (κ2) is 6.29. The van der Waals surface area contributed by atoms with Crippen LogP contribution >= 0.6 is 0 Å². The quantitative estimate of drug-likeness (QED) is 0.721. The molecule has 1 aliphatic rings. The highest BCUT2D eigenvalue weighted by molar-refractivity contribution is 6.01. The van der Waals surface area contributed by atoms with Crippen LogP contribution in [0.2, 0.25) is 0 Å². The Bertz CT molecular complexity index is 999. The van der Waals surface area contributed by atoms with Crippen molar-refractivity contribution in [2.75, 3.05) is 4.90 Å². The lowest BCUT2D eigenvalue weighted by atomic mass is 10.1. The first-order valence-electron chi connectivity index (χ1n) is 8.16. The van der Waals surface area contributed by atoms with E-state index in [0.29, 0.717) is 29.1 Å². The minimum Gasteiger partial charge on any atom is -0.306 e. The van der Waals surface area contributed by atoms with Crippen molar-refractivity contribution in [2.45, 2.75) is 19.9 Å². The molecule has 4 rings (SSSR count). The number of benzene rings is 1. The van der Waals surface area contributed by atoms with E-state index in [1.54, 1.807) is 23.4 Å². The summed E-state index contributed by atoms with van der Waals surface area (Å²) in [5.74, 6) is -1.37. The molecule has 2 aromatic heterocycles. The minimum absolute atomic E-state index is 0.0587. The molecule has 0 N–H and O–H groups in total. The molecule has 1 aromatic carbocycles. The van der Waals surface area contributed by atoms with Gasteiger partial charge in [-0.25, -0.2) is 8.78 Å². The van der Waals surface area contributed by atoms with Gasteiger partial charge in [-0.15, -0.1) is 0 Å². The van der Waals surface area contributed by atoms with Gasteiger partial charge >= 0.3 is 0 Å². The molecule has 0 aliphatic carbocycles. The maximum Gasteiger partial charge on any atom is 0.233 e. The van der Waals surface area contributed by atoms with E-state index in [-0.39, 0.29) is 12.3 Å². The van der Waals surface area contributed by atoms with Crippen LogP contribution in [0.15, 0.2) is 48.9 Å². The Morgan fingerprint density at radius 1 is 1.00 bits per heavy atom. The summed E-state index contributed by atoms with van der Waals surface area (Å²) in [7, 11) is 0. The van der Waals surface area contributed by atoms with Gasteiger partial charge in [-0.2, -0.15) is 0 Å². The molecule has 0 bridgehead atoms. The smallest absolute Gasteiger partial charge is 0.233 e. The van der Waals surface area contributed by atoms with E-state index in [0.717, 1.165) is 17.2 Å². The van der Waals surface area contributed by atoms with Gasteiger partial charge in [0, 0.05) is 30.2 Å². The van der Waals surface area contributed by atoms with E-state index in [9.17, 15) is 13.6 Å². The number of nitrogens with zero attached hydrogens (tertiary/aromatic N) is 3. The van der Waals surface area contributed by atoms with Gasteiger partial charge in [0.05, 0.1) is 24.3 Å². The summed E-state index contributed by atoms with van der Waals surface area (Å²) in [6.07, 6.45) is 5.23. The maximum atomic E-state index is 13.5. The first kappa shape index (κ1) is 16.3. The molecule has 130 valence electrons. The first-order valence-corrected chi connectivity index (χ1v) is 8.16. The first-order chi connectivity index (χ1) is 12.5. The van der Waals surface area contributed by atoms with Crippen molar-refractivity contribution in [3.63, 3.8) is 0 Å². The molecule has 0 radical (unpaired) electrons. The number of hydrogen-bond donors (Lipinski definition) is 0. The Labute approximate surface area is 149 Å². The van der Waals surface area contributed by atoms with Gasteiger partial charge in [0.2, 0.25) is 5.91 Å². The number of rotatable bonds is 3. The van der Waals surface area contributed by atoms with Crippen LogP contribution in [-0.2, 0) is 17.8 Å². The van der Waals surface area contributed by atoms with Crippen LogP contribution in [0.5, 0.6) is 0 Å². The standard InChI is InChI=1S/C20H15F2N3O/c1-12-2-13(9-23-8-12)11-25-19-5-15(10-24-18(19)7-20(25)26)14-3-16(21)6-17(22)4-14/h2-6,8-10H,7,11H2,1H3. The van der Waals surface area contributed by atoms with Gasteiger partial charge in [0.25, 0.3) is 0 Å². The number of pyridine rings is 2. The number of halogens is 2. The molecule has 0 unspecified atom stereocenters. The normalized spacial score (nSPS) is 13.2. The third-order valence-corrected chi connectivity index (χ3v) is 4.33. The summed E-state index contributed by atoms with van der Waals surface area (Å²) < 4.78 is 27.0. The number of carbonyl (C=O) groups excluding carboxylic acids is 1. The molecule has 0 spiro atoms. The van der Waals surface area contributed by atoms with Crippen molar-refractivity contribution in [1.82, 2.24) is 9.97 Å². The highest BCUT2D eigenvalue weighted by atomic mass is 19.1. The van der Waals surface area contributed by atoms with Crippen molar-refractivity contribution < 1.29 is 13.6 Å². The maximum absolute atomic E-state index is 13.5. The van der Waals surface area contributed by atoms with E-state index in [1.165, 1.54) is 18.3 Å². The third-order valence-electron chi connectivity index (χ3n) is 4.33. The molecule has 26 heavy (non-hydrogen) atoms. The van der Waals surface area contributed by atoms with Gasteiger partial charge in [0.15, 0.2) is 0 Å². The van der Waals surface area contributed by atoms with Crippen molar-refractivity contribution in [3.8, 4) is 11.1 Å². The molecule has 0 saturated heterocycles. The van der Waals surface area contributed by atoms with E-state index >= 15 is 0 Å². The summed E-state index contributed by atoms with van der Waals surface area (Å²) in [5.41, 5.74) is 4.19. The lowest BCUT2D eigenvalue weighted by Gasteiger charge is -2.18. The van der Waals surface area contributed by atoms with Crippen LogP contribution in [0.4, 0.5) is 14.5 Å². The number of fused-ring (bicyclic) bond motifs is 1. The summed E-state index contributed by atoms with van der Waals surface area (Å²) in [4.78, 5) is 22.5. The summed E-state index contributed by atoms with van der Waals surface area (Å²) in [6, 6.07) is 7.04. The minimum atomic E-state index is -0.653. The highest BCUT2D eigenvalue weighted by Gasteiger charge is 2.29. The monoisotopic (exact) mass is 351 g/mol. The number of carbonyl (C=O) groups is 1. The molecular formula is C20H15F2N3O. The fourth-order valence-electron chi connectivity index (χ4n) is 3.16. The van der Waals surface area contributed by atoms with Crippen LogP contribution in [0.25, 0.3) is 11.1 Å². The summed E-state index contributed by atoms with van der Waals surface area (Å²) in [6.45, 7) is 2.32. The average Bonchev–Trinajstić information content (AvgIpc) is 2.89. The SMILES string of the molecule is Cc1cncc(CN2C(=O)Cc3ncc(-c4cc(F)cc(F)c4)cc32)c1. The van der Waals surface area contributed by atoms with Crippen LogP contribution in [0, 0.1) is 18.6 Å². The molecule has 3 heterocycles. The lowest BCUT2D eigenvalue weighted by Crippen LogP contribution is -2.26. The molecule has 0 atom stereocenters. The Morgan fingerprint density at radius 3 is 2.50 bits per heavy atom. The van der Waals surface area contributed by atoms with E-state index in [1.807, 2.05) is 13.0 Å². The van der Waals surface area contributed by atoms with Gasteiger partial charge in [-0.05, 0) is 41.8 Å². The molecule has 1 aliphatic heterocycles. The van der Waals surface area contributed by atoms with E-state index in [2.05, 4.69) is 9.97 Å². The zero-order valence-corrected chi connectivity index (χ0v) is 14.0. The van der Waals surface area contributed by atoms with Crippen LogP contribution < -0.4 is 4.90 Å². The van der Waals surface area contributed by atoms with Crippen LogP contribution in [-0.4, -0.2) is 15.9 Å². The topological polar surface area (TPSA) is 46.1 Å². The number of hydrogen-bond acceptors (Lipinski definition) is 3. The second-order valence-corrected chi connectivity index (χ2v) is 6.38. The Balaban J connectivity index is 1.72. The number of aryl methyl sites for hydroxylation is 1. The molecule has 6 heteroatoms. The van der Waals surface area contributed by atoms with Crippen LogP contribution in [0.3, 0.4) is 0 Å². The zero-order valence-electron chi connectivity index (χ0n) is 14.0. The molecule has 4 nitrogen and oxygen atoms in total. The zero-order chi connectivity index (χ0) is 18.3. The Morgan fingerprint density at radius 2 is 1.77 bits per heavy atom. The van der Waals surface area contributed by atoms with Gasteiger partial charge < -0.3 is 4.90 Å². The van der Waals surface area contributed by atoms with Crippen molar-refractivity contribution in [1.29, 1.82) is 0 Å². The van der Waals surface area contributed by atoms with Gasteiger partial charge in [0.1, 0.15) is 11.6 Å². The van der Waals surface area contributed by atoms with Crippen molar-refractivity contribution >= 4 is 11.6 Å². The number of amides is 1. The molecular weight excluding hydrogens is 336 g/mol. The number of anilines is 1. The number of aromatic nitrogens is 2. The molecule has 0 fully saturated rings. The Hall–Kier alpha value is -3.15. The molecule has 3 aromatic rings. The largest absolute Gasteiger partial charge is 0.306 e. The van der Waals surface area contributed by atoms with E-state index < -0.39 is 11.6 Å². The Kier molecular flexibility index (Phi) is 3.95. The average molecular weight is 351 g/mol. The van der Waals surface area contributed by atoms with Crippen LogP contribution in [0.1, 0.15) is 16.8 Å². The predicted molar refractivity (Wildman–Crippen MR) is 93.5 cm³/mol. The summed E-state index contributed by atoms with van der Waals surface area (Å²) >= 11 is 0. The van der Waals surface area contributed by atoms with E-state index in [4.69, 9.17) is 0 Å². The fourth-order valence-corrected chi connectivity index (χ4v) is 3.16. The molecule has 1 amide bonds. The second-order valence-electron chi connectivity index (χ2n) is 6.38. The fraction of sp³-hybridized carbons (Fsp3) is 0.150. The predicted octanol–water partition coefficient (Wildman–Crippen LogP) is 3.82. The van der Waals surface area contributed by atoms with Gasteiger partial charge in [-0.3, -0.25) is 14.8 Å². The molecule has 0 saturated carbocycles. The van der Waals surface area contributed by atoms with Crippen molar-refractivity contribution in [2.24, 2.45) is 0 Å². The van der Waals surface area contributed by atoms with Crippen molar-refractivity contribution in [3.05, 3.63) is 77.4 Å². The lowest BCUT2D eigenvalue weighted by molar-refractivity contribution is -0.117. The van der Waals surface area contributed by atoms with Gasteiger partial charge in [-0.1, -0.05) is 6.07 Å². The summed E-state index contributed by atoms with van der Waals surface area (Å²) in [5, 5.41) is 0. The third kappa shape index (κ3) is 3.06.